The molecule has 4 rings (SSSR count). The van der Waals surface area contributed by atoms with E-state index in [4.69, 9.17) is 9.15 Å². The van der Waals surface area contributed by atoms with E-state index in [2.05, 4.69) is 26.2 Å². The lowest BCUT2D eigenvalue weighted by molar-refractivity contribution is 0.102. The normalized spacial score (nSPS) is 11.0. The fraction of sp³-hybridized carbons (Fsp3) is 0.0556. The molecule has 8 heteroatoms. The molecule has 0 aliphatic heterocycles. The molecule has 0 atom stereocenters. The second-order valence-electron chi connectivity index (χ2n) is 5.44. The number of hydrogen-bond acceptors (Lipinski definition) is 6. The van der Waals surface area contributed by atoms with Crippen molar-refractivity contribution in [3.05, 3.63) is 62.9 Å². The first kappa shape index (κ1) is 16.7. The highest BCUT2D eigenvalue weighted by Gasteiger charge is 2.16. The molecule has 2 aromatic heterocycles. The van der Waals surface area contributed by atoms with Crippen LogP contribution >= 0.6 is 27.3 Å². The maximum absolute atomic E-state index is 12.5. The lowest BCUT2D eigenvalue weighted by Gasteiger charge is -2.02. The van der Waals surface area contributed by atoms with E-state index in [0.29, 0.717) is 21.9 Å². The Morgan fingerprint density at radius 1 is 1.23 bits per heavy atom. The van der Waals surface area contributed by atoms with Crippen molar-refractivity contribution in [3.63, 3.8) is 0 Å². The zero-order valence-electron chi connectivity index (χ0n) is 13.4. The van der Waals surface area contributed by atoms with Gasteiger partial charge in [0.1, 0.15) is 16.9 Å². The predicted molar refractivity (Wildman–Crippen MR) is 104 cm³/mol. The number of thiazole rings is 1. The van der Waals surface area contributed by atoms with Gasteiger partial charge in [0, 0.05) is 9.86 Å². The first-order valence-corrected chi connectivity index (χ1v) is 9.14. The number of ether oxygens (including phenoxy) is 1. The Morgan fingerprint density at radius 3 is 2.88 bits per heavy atom. The van der Waals surface area contributed by atoms with E-state index < -0.39 is 11.5 Å². The van der Waals surface area contributed by atoms with Crippen LogP contribution in [0.1, 0.15) is 10.4 Å². The molecule has 4 aromatic rings. The standard InChI is InChI=1S/C18H11BrN2O4S/c1-24-11-3-4-13-15(8-11)26-18(20-13)21-16(22)12-7-9-6-10(19)2-5-14(9)25-17(12)23/h2-8H,1H3,(H,20,21,22). The summed E-state index contributed by atoms with van der Waals surface area (Å²) in [6.07, 6.45) is 0. The first-order chi connectivity index (χ1) is 12.5. The number of hydrogen-bond donors (Lipinski definition) is 1. The molecule has 26 heavy (non-hydrogen) atoms. The van der Waals surface area contributed by atoms with Crippen molar-refractivity contribution in [2.75, 3.05) is 12.4 Å². The summed E-state index contributed by atoms with van der Waals surface area (Å²) in [5, 5.41) is 3.71. The average molecular weight is 431 g/mol. The minimum atomic E-state index is -0.694. The monoisotopic (exact) mass is 430 g/mol. The van der Waals surface area contributed by atoms with Crippen LogP contribution in [0.5, 0.6) is 5.75 Å². The van der Waals surface area contributed by atoms with Gasteiger partial charge in [0.05, 0.1) is 17.3 Å². The summed E-state index contributed by atoms with van der Waals surface area (Å²) in [5.41, 5.74) is 0.384. The number of anilines is 1. The molecule has 0 saturated heterocycles. The van der Waals surface area contributed by atoms with Gasteiger partial charge in [0.15, 0.2) is 5.13 Å². The van der Waals surface area contributed by atoms with Gasteiger partial charge in [0.2, 0.25) is 0 Å². The van der Waals surface area contributed by atoms with Crippen LogP contribution in [-0.4, -0.2) is 18.0 Å². The fourth-order valence-electron chi connectivity index (χ4n) is 2.50. The maximum Gasteiger partial charge on any atom is 0.349 e. The second kappa shape index (κ2) is 6.54. The van der Waals surface area contributed by atoms with Crippen LogP contribution in [0.15, 0.2) is 56.1 Å². The number of amides is 1. The van der Waals surface area contributed by atoms with Gasteiger partial charge in [-0.25, -0.2) is 9.78 Å². The molecule has 0 aliphatic rings. The summed E-state index contributed by atoms with van der Waals surface area (Å²) < 4.78 is 12.1. The van der Waals surface area contributed by atoms with Gasteiger partial charge < -0.3 is 9.15 Å². The number of carbonyl (C=O) groups excluding carboxylic acids is 1. The molecule has 1 amide bonds. The van der Waals surface area contributed by atoms with Crippen molar-refractivity contribution in [2.24, 2.45) is 0 Å². The lowest BCUT2D eigenvalue weighted by atomic mass is 10.2. The number of rotatable bonds is 3. The Hall–Kier alpha value is -2.71. The third-order valence-electron chi connectivity index (χ3n) is 3.75. The smallest absolute Gasteiger partial charge is 0.349 e. The molecule has 6 nitrogen and oxygen atoms in total. The van der Waals surface area contributed by atoms with Gasteiger partial charge in [-0.2, -0.15) is 0 Å². The Kier molecular flexibility index (Phi) is 4.21. The van der Waals surface area contributed by atoms with Gasteiger partial charge in [-0.3, -0.25) is 10.1 Å². The number of nitrogens with zero attached hydrogens (tertiary/aromatic N) is 1. The van der Waals surface area contributed by atoms with E-state index in [1.807, 2.05) is 12.1 Å². The van der Waals surface area contributed by atoms with Crippen molar-refractivity contribution in [1.29, 1.82) is 0 Å². The molecule has 0 unspecified atom stereocenters. The Bertz CT molecular complexity index is 1210. The number of methoxy groups -OCH3 is 1. The van der Waals surface area contributed by atoms with Crippen molar-refractivity contribution >= 4 is 59.5 Å². The van der Waals surface area contributed by atoms with E-state index in [1.54, 1.807) is 31.4 Å². The summed E-state index contributed by atoms with van der Waals surface area (Å²) in [5.74, 6) is 0.145. The molecule has 0 fully saturated rings. The van der Waals surface area contributed by atoms with E-state index >= 15 is 0 Å². The molecule has 0 bridgehead atoms. The van der Waals surface area contributed by atoms with Crippen LogP contribution in [0.3, 0.4) is 0 Å². The van der Waals surface area contributed by atoms with Crippen LogP contribution in [0, 0.1) is 0 Å². The predicted octanol–water partition coefficient (Wildman–Crippen LogP) is 4.43. The molecule has 130 valence electrons. The lowest BCUT2D eigenvalue weighted by Crippen LogP contribution is -2.20. The molecule has 2 aromatic carbocycles. The topological polar surface area (TPSA) is 81.4 Å². The molecule has 1 N–H and O–H groups in total. The summed E-state index contributed by atoms with van der Waals surface area (Å²) in [6, 6.07) is 12.2. The zero-order valence-corrected chi connectivity index (χ0v) is 15.8. The molecule has 0 spiro atoms. The van der Waals surface area contributed by atoms with Crippen LogP contribution in [-0.2, 0) is 0 Å². The first-order valence-electron chi connectivity index (χ1n) is 7.53. The summed E-state index contributed by atoms with van der Waals surface area (Å²) in [4.78, 5) is 29.0. The van der Waals surface area contributed by atoms with Gasteiger partial charge in [0.25, 0.3) is 5.91 Å². The largest absolute Gasteiger partial charge is 0.497 e. The Morgan fingerprint density at radius 2 is 2.08 bits per heavy atom. The molecule has 0 aliphatic carbocycles. The third-order valence-corrected chi connectivity index (χ3v) is 5.18. The number of fused-ring (bicyclic) bond motifs is 2. The number of halogens is 1. The Labute approximate surface area is 159 Å². The van der Waals surface area contributed by atoms with Gasteiger partial charge in [-0.05, 0) is 42.5 Å². The highest BCUT2D eigenvalue weighted by Crippen LogP contribution is 2.29. The van der Waals surface area contributed by atoms with E-state index in [9.17, 15) is 9.59 Å². The average Bonchev–Trinajstić information content (AvgIpc) is 3.02. The Balaban J connectivity index is 1.68. The summed E-state index contributed by atoms with van der Waals surface area (Å²) in [6.45, 7) is 0. The quantitative estimate of drug-likeness (QED) is 0.486. The van der Waals surface area contributed by atoms with Crippen molar-refractivity contribution in [1.82, 2.24) is 4.98 Å². The number of benzene rings is 2. The third kappa shape index (κ3) is 3.09. The molecule has 2 heterocycles. The molecular weight excluding hydrogens is 420 g/mol. The van der Waals surface area contributed by atoms with Crippen LogP contribution in [0.2, 0.25) is 0 Å². The molecule has 0 saturated carbocycles. The minimum Gasteiger partial charge on any atom is -0.497 e. The number of nitrogens with one attached hydrogen (secondary N) is 1. The summed E-state index contributed by atoms with van der Waals surface area (Å²) >= 11 is 4.66. The van der Waals surface area contributed by atoms with Crippen LogP contribution in [0.4, 0.5) is 5.13 Å². The van der Waals surface area contributed by atoms with E-state index in [-0.39, 0.29) is 5.56 Å². The van der Waals surface area contributed by atoms with Gasteiger partial charge in [-0.15, -0.1) is 0 Å². The molecule has 0 radical (unpaired) electrons. The highest BCUT2D eigenvalue weighted by molar-refractivity contribution is 9.10. The van der Waals surface area contributed by atoms with Gasteiger partial charge >= 0.3 is 5.63 Å². The SMILES string of the molecule is COc1ccc2nc(NC(=O)c3cc4cc(Br)ccc4oc3=O)sc2c1. The van der Waals surface area contributed by atoms with Crippen LogP contribution in [0.25, 0.3) is 21.2 Å². The zero-order chi connectivity index (χ0) is 18.3. The minimum absolute atomic E-state index is 0.0764. The summed E-state index contributed by atoms with van der Waals surface area (Å²) in [7, 11) is 1.59. The van der Waals surface area contributed by atoms with Crippen molar-refractivity contribution in [2.45, 2.75) is 0 Å². The number of carbonyl (C=O) groups is 1. The van der Waals surface area contributed by atoms with Gasteiger partial charge in [-0.1, -0.05) is 27.3 Å². The van der Waals surface area contributed by atoms with E-state index in [1.165, 1.54) is 17.4 Å². The van der Waals surface area contributed by atoms with E-state index in [0.717, 1.165) is 14.7 Å². The second-order valence-corrected chi connectivity index (χ2v) is 7.38. The van der Waals surface area contributed by atoms with Crippen molar-refractivity contribution < 1.29 is 13.9 Å². The maximum atomic E-state index is 12.5. The van der Waals surface area contributed by atoms with Crippen LogP contribution < -0.4 is 15.7 Å². The molecular formula is C18H11BrN2O4S. The van der Waals surface area contributed by atoms with Crippen molar-refractivity contribution in [3.8, 4) is 5.75 Å². The highest BCUT2D eigenvalue weighted by atomic mass is 79.9. The number of aromatic nitrogens is 1. The fourth-order valence-corrected chi connectivity index (χ4v) is 3.77.